The average Bonchev–Trinajstić information content (AvgIpc) is 2.85. The Hall–Kier alpha value is -1.68. The molecule has 7 nitrogen and oxygen atoms in total. The van der Waals surface area contributed by atoms with Crippen molar-refractivity contribution < 1.29 is 28.7 Å². The molecule has 0 saturated carbocycles. The lowest BCUT2D eigenvalue weighted by Crippen LogP contribution is -2.76. The van der Waals surface area contributed by atoms with Crippen LogP contribution in [0.25, 0.3) is 0 Å². The lowest BCUT2D eigenvalue weighted by molar-refractivity contribution is -0.958. The second-order valence-electron chi connectivity index (χ2n) is 9.93. The number of rotatable bonds is 4. The Morgan fingerprint density at radius 3 is 2.23 bits per heavy atom. The van der Waals surface area contributed by atoms with Gasteiger partial charge < -0.3 is 14.6 Å². The van der Waals surface area contributed by atoms with E-state index in [-0.39, 0.29) is 12.3 Å². The fourth-order valence-electron chi connectivity index (χ4n) is 4.98. The number of nitrogens with zero attached hydrogens (tertiary/aromatic N) is 2. The predicted octanol–water partition coefficient (Wildman–Crippen LogP) is 2.83. The lowest BCUT2D eigenvalue weighted by atomic mass is 9.85. The van der Waals surface area contributed by atoms with E-state index in [1.54, 1.807) is 24.1 Å². The van der Waals surface area contributed by atoms with Crippen molar-refractivity contribution in [1.82, 2.24) is 4.90 Å². The topological polar surface area (TPSA) is 86.7 Å². The minimum atomic E-state index is -1.27. The summed E-state index contributed by atoms with van der Waals surface area (Å²) in [6, 6.07) is 2.53. The molecule has 0 radical (unpaired) electrons. The van der Waals surface area contributed by atoms with Gasteiger partial charge in [-0.3, -0.25) is 14.5 Å². The molecule has 1 saturated heterocycles. The van der Waals surface area contributed by atoms with Crippen molar-refractivity contribution in [3.05, 3.63) is 26.8 Å². The SMILES string of the molecule is COc1cc(I)c(CC2C(=O)N(C)C(C(C)(C)C)[N+]2(C(=O)[O-])C(C)(C)C)cc1C=O. The average molecular weight is 530 g/mol. The van der Waals surface area contributed by atoms with E-state index in [9.17, 15) is 19.5 Å². The Kier molecular flexibility index (Phi) is 6.64. The largest absolute Gasteiger partial charge is 0.498 e. The van der Waals surface area contributed by atoms with Gasteiger partial charge in [0.1, 0.15) is 5.75 Å². The number of likely N-dealkylation sites (N-methyl/N-ethyl adjacent to an activating group) is 1. The first-order valence-corrected chi connectivity index (χ1v) is 10.9. The molecule has 1 aromatic rings. The fraction of sp³-hybridized carbons (Fsp3) is 0.591. The summed E-state index contributed by atoms with van der Waals surface area (Å²) >= 11 is 2.12. The van der Waals surface area contributed by atoms with E-state index in [1.165, 1.54) is 7.11 Å². The highest BCUT2D eigenvalue weighted by Gasteiger charge is 2.67. The number of hydrogen-bond donors (Lipinski definition) is 0. The van der Waals surface area contributed by atoms with Crippen LogP contribution in [0, 0.1) is 8.99 Å². The van der Waals surface area contributed by atoms with Crippen LogP contribution in [-0.2, 0) is 11.2 Å². The summed E-state index contributed by atoms with van der Waals surface area (Å²) in [7, 11) is 3.15. The van der Waals surface area contributed by atoms with Crippen molar-refractivity contribution in [3.8, 4) is 5.75 Å². The number of amides is 2. The second kappa shape index (κ2) is 8.11. The van der Waals surface area contributed by atoms with Crippen LogP contribution >= 0.6 is 22.6 Å². The zero-order valence-electron chi connectivity index (χ0n) is 18.9. The van der Waals surface area contributed by atoms with E-state index in [2.05, 4.69) is 22.6 Å². The number of quaternary nitrogens is 1. The zero-order chi connectivity index (χ0) is 23.2. The normalized spacial score (nSPS) is 24.8. The van der Waals surface area contributed by atoms with E-state index in [0.717, 1.165) is 9.13 Å². The number of aldehydes is 1. The molecule has 8 heteroatoms. The van der Waals surface area contributed by atoms with Crippen LogP contribution in [0.1, 0.15) is 57.5 Å². The summed E-state index contributed by atoms with van der Waals surface area (Å²) in [5.41, 5.74) is -0.227. The van der Waals surface area contributed by atoms with Crippen LogP contribution in [0.2, 0.25) is 0 Å². The van der Waals surface area contributed by atoms with Crippen LogP contribution < -0.4 is 9.84 Å². The molecule has 0 N–H and O–H groups in total. The van der Waals surface area contributed by atoms with Crippen LogP contribution in [0.4, 0.5) is 4.79 Å². The van der Waals surface area contributed by atoms with Crippen LogP contribution in [0.3, 0.4) is 0 Å². The highest BCUT2D eigenvalue weighted by atomic mass is 127. The Labute approximate surface area is 192 Å². The maximum absolute atomic E-state index is 13.4. The van der Waals surface area contributed by atoms with Crippen molar-refractivity contribution >= 4 is 40.9 Å². The minimum absolute atomic E-state index is 0.171. The number of halogens is 1. The van der Waals surface area contributed by atoms with Gasteiger partial charge in [0.2, 0.25) is 0 Å². The molecule has 1 aromatic carbocycles. The molecule has 3 atom stereocenters. The van der Waals surface area contributed by atoms with E-state index < -0.39 is 33.7 Å². The number of carbonyl (C=O) groups excluding carboxylic acids is 3. The molecule has 1 heterocycles. The minimum Gasteiger partial charge on any atom is -0.498 e. The molecule has 1 aliphatic heterocycles. The Bertz CT molecular complexity index is 872. The molecule has 3 unspecified atom stereocenters. The summed E-state index contributed by atoms with van der Waals surface area (Å²) in [6.07, 6.45) is -1.01. The number of ether oxygens (including phenoxy) is 1. The third-order valence-electron chi connectivity index (χ3n) is 6.00. The molecule has 2 rings (SSSR count). The molecule has 0 bridgehead atoms. The van der Waals surface area contributed by atoms with Gasteiger partial charge >= 0.3 is 0 Å². The Morgan fingerprint density at radius 2 is 1.83 bits per heavy atom. The summed E-state index contributed by atoms with van der Waals surface area (Å²) in [5.74, 6) is 0.199. The van der Waals surface area contributed by atoms with Gasteiger partial charge in [0.15, 0.2) is 18.5 Å². The van der Waals surface area contributed by atoms with E-state index >= 15 is 0 Å². The van der Waals surface area contributed by atoms with Gasteiger partial charge in [0.25, 0.3) is 12.0 Å². The highest BCUT2D eigenvalue weighted by Crippen LogP contribution is 2.47. The molecule has 0 aromatic heterocycles. The second-order valence-corrected chi connectivity index (χ2v) is 11.1. The number of benzene rings is 1. The summed E-state index contributed by atoms with van der Waals surface area (Å²) < 4.78 is 5.55. The van der Waals surface area contributed by atoms with E-state index in [4.69, 9.17) is 4.74 Å². The van der Waals surface area contributed by atoms with Crippen LogP contribution in [-0.4, -0.2) is 59.6 Å². The van der Waals surface area contributed by atoms with Gasteiger partial charge in [-0.05, 0) is 61.1 Å². The number of carbonyl (C=O) groups is 3. The first-order chi connectivity index (χ1) is 13.6. The van der Waals surface area contributed by atoms with Crippen LogP contribution in [0.15, 0.2) is 12.1 Å². The molecule has 0 spiro atoms. The van der Waals surface area contributed by atoms with Gasteiger partial charge in [-0.25, -0.2) is 4.48 Å². The molecule has 166 valence electrons. The molecule has 1 aliphatic rings. The standard InChI is InChI=1S/C22H31IN2O5/c1-21(2,3)19-24(7)18(27)16(25(19,20(28)29)22(4,5)6)10-13-9-14(12-26)17(30-8)11-15(13)23/h9,11-12,16,19H,10H2,1-8H3. The molecule has 30 heavy (non-hydrogen) atoms. The van der Waals surface area contributed by atoms with E-state index in [0.29, 0.717) is 17.6 Å². The van der Waals surface area contributed by atoms with Crippen molar-refractivity contribution in [2.75, 3.05) is 14.2 Å². The van der Waals surface area contributed by atoms with Gasteiger partial charge in [-0.1, -0.05) is 20.8 Å². The predicted molar refractivity (Wildman–Crippen MR) is 120 cm³/mol. The van der Waals surface area contributed by atoms with Gasteiger partial charge in [-0.2, -0.15) is 0 Å². The molecule has 2 amide bonds. The summed E-state index contributed by atoms with van der Waals surface area (Å²) in [6.45, 7) is 11.3. The molecule has 1 fully saturated rings. The Balaban J connectivity index is 2.75. The maximum atomic E-state index is 13.4. The molecular weight excluding hydrogens is 499 g/mol. The van der Waals surface area contributed by atoms with Crippen molar-refractivity contribution in [3.63, 3.8) is 0 Å². The van der Waals surface area contributed by atoms with Crippen molar-refractivity contribution in [1.29, 1.82) is 0 Å². The monoisotopic (exact) mass is 530 g/mol. The number of hydrogen-bond acceptors (Lipinski definition) is 5. The smallest absolute Gasteiger partial charge is 0.286 e. The van der Waals surface area contributed by atoms with Crippen LogP contribution in [0.5, 0.6) is 5.75 Å². The highest BCUT2D eigenvalue weighted by molar-refractivity contribution is 14.1. The van der Waals surface area contributed by atoms with Gasteiger partial charge in [-0.15, -0.1) is 0 Å². The third kappa shape index (κ3) is 3.72. The summed E-state index contributed by atoms with van der Waals surface area (Å²) in [4.78, 5) is 39.4. The zero-order valence-corrected chi connectivity index (χ0v) is 21.1. The maximum Gasteiger partial charge on any atom is 0.286 e. The third-order valence-corrected chi connectivity index (χ3v) is 7.01. The quantitative estimate of drug-likeness (QED) is 0.340. The Morgan fingerprint density at radius 1 is 1.27 bits per heavy atom. The van der Waals surface area contributed by atoms with E-state index in [1.807, 2.05) is 41.5 Å². The summed E-state index contributed by atoms with van der Waals surface area (Å²) in [5, 5.41) is 12.8. The van der Waals surface area contributed by atoms with Gasteiger partial charge in [0, 0.05) is 22.5 Å². The first kappa shape index (κ1) is 24.6. The molecular formula is C22H31IN2O5. The molecule has 0 aliphatic carbocycles. The van der Waals surface area contributed by atoms with Crippen molar-refractivity contribution in [2.24, 2.45) is 5.41 Å². The first-order valence-electron chi connectivity index (χ1n) is 9.82. The lowest BCUT2D eigenvalue weighted by Gasteiger charge is -2.54. The number of methoxy groups -OCH3 is 1. The number of carboxylic acid groups (broad SMARTS) is 1. The fourth-order valence-corrected chi connectivity index (χ4v) is 5.64. The van der Waals surface area contributed by atoms with Crippen molar-refractivity contribution in [2.45, 2.75) is 65.7 Å². The van der Waals surface area contributed by atoms with Gasteiger partial charge in [0.05, 0.1) is 18.2 Å².